The van der Waals surface area contributed by atoms with Gasteiger partial charge >= 0.3 is 0 Å². The van der Waals surface area contributed by atoms with Crippen LogP contribution in [0.3, 0.4) is 0 Å². The van der Waals surface area contributed by atoms with Gasteiger partial charge in [0.1, 0.15) is 0 Å². The first kappa shape index (κ1) is 14.4. The lowest BCUT2D eigenvalue weighted by Gasteiger charge is -2.37. The van der Waals surface area contributed by atoms with Crippen LogP contribution in [-0.4, -0.2) is 54.3 Å². The van der Waals surface area contributed by atoms with Crippen molar-refractivity contribution in [3.63, 3.8) is 0 Å². The molecule has 4 heteroatoms. The fourth-order valence-electron chi connectivity index (χ4n) is 1.75. The number of halogens is 1. The highest BCUT2D eigenvalue weighted by atomic mass is 79.9. The molecule has 0 aliphatic carbocycles. The molecule has 96 valence electrons. The molecule has 0 saturated carbocycles. The Morgan fingerprint density at radius 1 is 1.44 bits per heavy atom. The molecule has 2 atom stereocenters. The van der Waals surface area contributed by atoms with E-state index in [1.807, 2.05) is 0 Å². The van der Waals surface area contributed by atoms with Gasteiger partial charge in [0.05, 0.1) is 24.9 Å². The topological polar surface area (TPSA) is 21.7 Å². The zero-order valence-electron chi connectivity index (χ0n) is 10.8. The van der Waals surface area contributed by atoms with Crippen LogP contribution in [0.15, 0.2) is 0 Å². The molecule has 0 spiro atoms. The van der Waals surface area contributed by atoms with Crippen molar-refractivity contribution in [3.8, 4) is 0 Å². The van der Waals surface area contributed by atoms with Gasteiger partial charge in [-0.1, -0.05) is 15.9 Å². The average Bonchev–Trinajstić information content (AvgIpc) is 2.19. The minimum atomic E-state index is -0.0374. The molecular formula is C12H24BrNO2. The van der Waals surface area contributed by atoms with E-state index < -0.39 is 0 Å². The van der Waals surface area contributed by atoms with Crippen molar-refractivity contribution in [2.45, 2.75) is 45.4 Å². The summed E-state index contributed by atoms with van der Waals surface area (Å²) >= 11 is 3.48. The second-order valence-corrected chi connectivity index (χ2v) is 6.06. The molecular weight excluding hydrogens is 270 g/mol. The Labute approximate surface area is 108 Å². The Morgan fingerprint density at radius 2 is 2.12 bits per heavy atom. The number of ether oxygens (including phenoxy) is 2. The maximum Gasteiger partial charge on any atom is 0.0799 e. The normalized spacial score (nSPS) is 28.3. The summed E-state index contributed by atoms with van der Waals surface area (Å²) in [4.78, 5) is 2.45. The summed E-state index contributed by atoms with van der Waals surface area (Å²) < 4.78 is 11.4. The standard InChI is InChI=1S/C12H24BrNO2/c1-10-9-15-11(7-13)8-14(10)5-6-16-12(2,3)4/h10-11H,5-9H2,1-4H3. The number of alkyl halides is 1. The fraction of sp³-hybridized carbons (Fsp3) is 1.00. The molecule has 16 heavy (non-hydrogen) atoms. The highest BCUT2D eigenvalue weighted by molar-refractivity contribution is 9.09. The van der Waals surface area contributed by atoms with Crippen molar-refractivity contribution in [1.82, 2.24) is 4.90 Å². The molecule has 0 radical (unpaired) electrons. The molecule has 0 aromatic carbocycles. The average molecular weight is 294 g/mol. The number of nitrogens with zero attached hydrogens (tertiary/aromatic N) is 1. The molecule has 3 nitrogen and oxygen atoms in total. The first-order valence-electron chi connectivity index (χ1n) is 5.98. The van der Waals surface area contributed by atoms with Crippen LogP contribution >= 0.6 is 15.9 Å². The van der Waals surface area contributed by atoms with Crippen molar-refractivity contribution in [3.05, 3.63) is 0 Å². The van der Waals surface area contributed by atoms with E-state index in [9.17, 15) is 0 Å². The molecule has 1 rings (SSSR count). The molecule has 1 saturated heterocycles. The lowest BCUT2D eigenvalue weighted by Crippen LogP contribution is -2.50. The number of morpholine rings is 1. The van der Waals surface area contributed by atoms with E-state index in [0.29, 0.717) is 12.1 Å². The van der Waals surface area contributed by atoms with Crippen molar-refractivity contribution in [2.75, 3.05) is 31.6 Å². The Kier molecular flexibility index (Phi) is 5.71. The monoisotopic (exact) mass is 293 g/mol. The summed E-state index contributed by atoms with van der Waals surface area (Å²) in [6, 6.07) is 0.499. The van der Waals surface area contributed by atoms with Gasteiger partial charge < -0.3 is 9.47 Å². The first-order chi connectivity index (χ1) is 7.42. The van der Waals surface area contributed by atoms with E-state index in [0.717, 1.165) is 31.6 Å². The SMILES string of the molecule is CC1COC(CBr)CN1CCOC(C)(C)C. The summed E-state index contributed by atoms with van der Waals surface area (Å²) in [6.45, 7) is 12.1. The molecule has 0 amide bonds. The van der Waals surface area contributed by atoms with Crippen LogP contribution < -0.4 is 0 Å². The van der Waals surface area contributed by atoms with Crippen LogP contribution in [-0.2, 0) is 9.47 Å². The lowest BCUT2D eigenvalue weighted by molar-refractivity contribution is -0.0686. The summed E-state index contributed by atoms with van der Waals surface area (Å²) in [5.74, 6) is 0. The molecule has 0 aromatic rings. The van der Waals surface area contributed by atoms with E-state index >= 15 is 0 Å². The van der Waals surface area contributed by atoms with Crippen LogP contribution in [0, 0.1) is 0 Å². The summed E-state index contributed by atoms with van der Waals surface area (Å²) in [5.41, 5.74) is -0.0374. The van der Waals surface area contributed by atoms with Crippen molar-refractivity contribution in [2.24, 2.45) is 0 Å². The zero-order valence-corrected chi connectivity index (χ0v) is 12.4. The molecule has 1 fully saturated rings. The molecule has 0 aromatic heterocycles. The Balaban J connectivity index is 2.28. The van der Waals surface area contributed by atoms with Crippen molar-refractivity contribution >= 4 is 15.9 Å². The van der Waals surface area contributed by atoms with Gasteiger partial charge in [0.2, 0.25) is 0 Å². The molecule has 1 aliphatic rings. The van der Waals surface area contributed by atoms with Gasteiger partial charge in [-0.2, -0.15) is 0 Å². The molecule has 2 unspecified atom stereocenters. The Hall–Kier alpha value is 0.360. The van der Waals surface area contributed by atoms with Crippen LogP contribution in [0.4, 0.5) is 0 Å². The molecule has 1 aliphatic heterocycles. The third-order valence-electron chi connectivity index (χ3n) is 2.72. The fourth-order valence-corrected chi connectivity index (χ4v) is 2.14. The van der Waals surface area contributed by atoms with Gasteiger partial charge in [-0.3, -0.25) is 4.90 Å². The van der Waals surface area contributed by atoms with Crippen LogP contribution in [0.25, 0.3) is 0 Å². The predicted octanol–water partition coefficient (Wildman–Crippen LogP) is 2.29. The molecule has 0 N–H and O–H groups in total. The molecule has 1 heterocycles. The van der Waals surface area contributed by atoms with E-state index in [4.69, 9.17) is 9.47 Å². The molecule has 0 bridgehead atoms. The number of rotatable bonds is 4. The maximum absolute atomic E-state index is 5.76. The van der Waals surface area contributed by atoms with Crippen LogP contribution in [0.5, 0.6) is 0 Å². The Morgan fingerprint density at radius 3 is 2.69 bits per heavy atom. The van der Waals surface area contributed by atoms with Gasteiger partial charge in [-0.15, -0.1) is 0 Å². The summed E-state index contributed by atoms with van der Waals surface area (Å²) in [7, 11) is 0. The smallest absolute Gasteiger partial charge is 0.0799 e. The third kappa shape index (κ3) is 5.13. The maximum atomic E-state index is 5.76. The number of hydrogen-bond acceptors (Lipinski definition) is 3. The van der Waals surface area contributed by atoms with Crippen LogP contribution in [0.2, 0.25) is 0 Å². The van der Waals surface area contributed by atoms with Gasteiger partial charge in [-0.25, -0.2) is 0 Å². The zero-order chi connectivity index (χ0) is 12.2. The second-order valence-electron chi connectivity index (χ2n) is 5.41. The second kappa shape index (κ2) is 6.34. The largest absolute Gasteiger partial charge is 0.375 e. The Bertz CT molecular complexity index is 206. The quantitative estimate of drug-likeness (QED) is 0.743. The van der Waals surface area contributed by atoms with Crippen molar-refractivity contribution < 1.29 is 9.47 Å². The first-order valence-corrected chi connectivity index (χ1v) is 7.10. The van der Waals surface area contributed by atoms with Crippen LogP contribution in [0.1, 0.15) is 27.7 Å². The lowest BCUT2D eigenvalue weighted by atomic mass is 10.2. The van der Waals surface area contributed by atoms with Gasteiger partial charge in [0.25, 0.3) is 0 Å². The highest BCUT2D eigenvalue weighted by Crippen LogP contribution is 2.14. The van der Waals surface area contributed by atoms with Gasteiger partial charge in [0, 0.05) is 24.5 Å². The predicted molar refractivity (Wildman–Crippen MR) is 70.3 cm³/mol. The number of hydrogen-bond donors (Lipinski definition) is 0. The van der Waals surface area contributed by atoms with E-state index in [2.05, 4.69) is 48.5 Å². The summed E-state index contributed by atoms with van der Waals surface area (Å²) in [6.07, 6.45) is 0.325. The highest BCUT2D eigenvalue weighted by Gasteiger charge is 2.25. The van der Waals surface area contributed by atoms with Gasteiger partial charge in [0.15, 0.2) is 0 Å². The van der Waals surface area contributed by atoms with E-state index in [-0.39, 0.29) is 5.60 Å². The van der Waals surface area contributed by atoms with Gasteiger partial charge in [-0.05, 0) is 27.7 Å². The minimum absolute atomic E-state index is 0.0374. The minimum Gasteiger partial charge on any atom is -0.375 e. The van der Waals surface area contributed by atoms with E-state index in [1.165, 1.54) is 0 Å². The van der Waals surface area contributed by atoms with E-state index in [1.54, 1.807) is 0 Å². The third-order valence-corrected chi connectivity index (χ3v) is 3.44. The summed E-state index contributed by atoms with van der Waals surface area (Å²) in [5, 5.41) is 0.913. The van der Waals surface area contributed by atoms with Crippen molar-refractivity contribution in [1.29, 1.82) is 0 Å².